The molecule has 1 saturated heterocycles. The number of piperidine rings is 1. The van der Waals surface area contributed by atoms with Gasteiger partial charge >= 0.3 is 6.18 Å². The molecule has 0 amide bonds. The van der Waals surface area contributed by atoms with Crippen LogP contribution in [0.25, 0.3) is 0 Å². The van der Waals surface area contributed by atoms with Crippen molar-refractivity contribution in [2.75, 3.05) is 18.0 Å². The second-order valence-corrected chi connectivity index (χ2v) is 6.22. The molecule has 0 aromatic heterocycles. The minimum atomic E-state index is -4.14. The maximum absolute atomic E-state index is 12.9. The van der Waals surface area contributed by atoms with Crippen LogP contribution in [0.1, 0.15) is 25.3 Å². The number of hydrogen-bond donors (Lipinski definition) is 1. The average Bonchev–Trinajstić information content (AvgIpc) is 2.39. The van der Waals surface area contributed by atoms with E-state index in [4.69, 9.17) is 17.3 Å². The standard InChI is InChI=1S/C15H20ClF3N2/c1-10(20)7-11-4-5-13(16)8-14(11)21-6-2-3-12(9-21)15(17,18)19/h4-5,8,10,12H,2-3,6-7,9,20H2,1H3. The van der Waals surface area contributed by atoms with Gasteiger partial charge in [-0.3, -0.25) is 0 Å². The summed E-state index contributed by atoms with van der Waals surface area (Å²) in [5, 5.41) is 0.535. The van der Waals surface area contributed by atoms with Crippen LogP contribution in [0.3, 0.4) is 0 Å². The number of anilines is 1. The fraction of sp³-hybridized carbons (Fsp3) is 0.600. The Hall–Kier alpha value is -0.940. The van der Waals surface area contributed by atoms with Crippen molar-refractivity contribution in [2.45, 2.75) is 38.4 Å². The Bertz CT molecular complexity index is 488. The van der Waals surface area contributed by atoms with Crippen molar-refractivity contribution in [3.63, 3.8) is 0 Å². The number of nitrogens with zero attached hydrogens (tertiary/aromatic N) is 1. The first-order valence-corrected chi connectivity index (χ1v) is 7.51. The maximum atomic E-state index is 12.9. The van der Waals surface area contributed by atoms with Gasteiger partial charge in [0, 0.05) is 29.8 Å². The SMILES string of the molecule is CC(N)Cc1ccc(Cl)cc1N1CCCC(C(F)(F)F)C1. The Morgan fingerprint density at radius 1 is 1.43 bits per heavy atom. The summed E-state index contributed by atoms with van der Waals surface area (Å²) in [5.74, 6) is -1.27. The number of halogens is 4. The summed E-state index contributed by atoms with van der Waals surface area (Å²) in [6.45, 7) is 2.50. The fourth-order valence-electron chi connectivity index (χ4n) is 2.81. The molecule has 2 N–H and O–H groups in total. The minimum Gasteiger partial charge on any atom is -0.371 e. The van der Waals surface area contributed by atoms with Gasteiger partial charge in [0.1, 0.15) is 0 Å². The normalized spacial score (nSPS) is 21.4. The van der Waals surface area contributed by atoms with E-state index in [1.165, 1.54) is 0 Å². The van der Waals surface area contributed by atoms with E-state index in [1.807, 2.05) is 13.0 Å². The molecule has 2 rings (SSSR count). The summed E-state index contributed by atoms with van der Waals surface area (Å²) >= 11 is 6.02. The first-order chi connectivity index (χ1) is 9.77. The topological polar surface area (TPSA) is 29.3 Å². The van der Waals surface area contributed by atoms with E-state index in [0.29, 0.717) is 24.4 Å². The van der Waals surface area contributed by atoms with Gasteiger partial charge in [-0.2, -0.15) is 13.2 Å². The molecule has 1 aliphatic rings. The van der Waals surface area contributed by atoms with Crippen LogP contribution in [-0.4, -0.2) is 25.3 Å². The smallest absolute Gasteiger partial charge is 0.371 e. The summed E-state index contributed by atoms with van der Waals surface area (Å²) in [5.41, 5.74) is 7.57. The molecule has 2 atom stereocenters. The highest BCUT2D eigenvalue weighted by atomic mass is 35.5. The molecule has 118 valence electrons. The summed E-state index contributed by atoms with van der Waals surface area (Å²) in [4.78, 5) is 1.80. The number of rotatable bonds is 3. The first-order valence-electron chi connectivity index (χ1n) is 7.13. The second-order valence-electron chi connectivity index (χ2n) is 5.78. The quantitative estimate of drug-likeness (QED) is 0.912. The zero-order valence-corrected chi connectivity index (χ0v) is 12.7. The summed E-state index contributed by atoms with van der Waals surface area (Å²) in [6.07, 6.45) is -2.78. The van der Waals surface area contributed by atoms with Crippen LogP contribution in [0.4, 0.5) is 18.9 Å². The van der Waals surface area contributed by atoms with E-state index < -0.39 is 12.1 Å². The van der Waals surface area contributed by atoms with Crippen LogP contribution in [-0.2, 0) is 6.42 Å². The van der Waals surface area contributed by atoms with Crippen molar-refractivity contribution >= 4 is 17.3 Å². The molecule has 2 nitrogen and oxygen atoms in total. The van der Waals surface area contributed by atoms with Crippen molar-refractivity contribution in [2.24, 2.45) is 11.7 Å². The molecule has 1 aromatic rings. The van der Waals surface area contributed by atoms with Crippen molar-refractivity contribution < 1.29 is 13.2 Å². The first kappa shape index (κ1) is 16.4. The van der Waals surface area contributed by atoms with Gasteiger partial charge in [0.2, 0.25) is 0 Å². The summed E-state index contributed by atoms with van der Waals surface area (Å²) in [6, 6.07) is 5.32. The molecule has 21 heavy (non-hydrogen) atoms. The number of nitrogens with two attached hydrogens (primary N) is 1. The van der Waals surface area contributed by atoms with E-state index in [-0.39, 0.29) is 19.0 Å². The monoisotopic (exact) mass is 320 g/mol. The van der Waals surface area contributed by atoms with E-state index in [9.17, 15) is 13.2 Å². The highest BCUT2D eigenvalue weighted by Gasteiger charge is 2.42. The Labute approximate surface area is 128 Å². The molecule has 0 bridgehead atoms. The van der Waals surface area contributed by atoms with E-state index in [1.54, 1.807) is 17.0 Å². The number of benzene rings is 1. The van der Waals surface area contributed by atoms with Gasteiger partial charge in [-0.15, -0.1) is 0 Å². The van der Waals surface area contributed by atoms with Gasteiger partial charge in [-0.25, -0.2) is 0 Å². The minimum absolute atomic E-state index is 0.00417. The van der Waals surface area contributed by atoms with Crippen LogP contribution in [0.2, 0.25) is 5.02 Å². The highest BCUT2D eigenvalue weighted by Crippen LogP contribution is 2.36. The van der Waals surface area contributed by atoms with Crippen LogP contribution in [0.15, 0.2) is 18.2 Å². The van der Waals surface area contributed by atoms with Gasteiger partial charge in [-0.05, 0) is 43.9 Å². The van der Waals surface area contributed by atoms with Crippen molar-refractivity contribution in [3.05, 3.63) is 28.8 Å². The lowest BCUT2D eigenvalue weighted by molar-refractivity contribution is -0.176. The van der Waals surface area contributed by atoms with Gasteiger partial charge in [0.25, 0.3) is 0 Å². The molecule has 1 fully saturated rings. The lowest BCUT2D eigenvalue weighted by Crippen LogP contribution is -2.42. The van der Waals surface area contributed by atoms with Gasteiger partial charge < -0.3 is 10.6 Å². The molecule has 2 unspecified atom stereocenters. The van der Waals surface area contributed by atoms with Gasteiger partial charge in [-0.1, -0.05) is 17.7 Å². The Morgan fingerprint density at radius 2 is 2.14 bits per heavy atom. The Balaban J connectivity index is 2.25. The van der Waals surface area contributed by atoms with Crippen LogP contribution >= 0.6 is 11.6 Å². The molecule has 1 heterocycles. The Kier molecular flexibility index (Phi) is 5.04. The zero-order chi connectivity index (χ0) is 15.6. The average molecular weight is 321 g/mol. The summed E-state index contributed by atoms with van der Waals surface area (Å²) in [7, 11) is 0. The van der Waals surface area contributed by atoms with Gasteiger partial charge in [0.15, 0.2) is 0 Å². The molecule has 1 aliphatic heterocycles. The predicted molar refractivity (Wildman–Crippen MR) is 79.8 cm³/mol. The van der Waals surface area contributed by atoms with Gasteiger partial charge in [0.05, 0.1) is 5.92 Å². The third-order valence-corrected chi connectivity index (χ3v) is 4.05. The molecule has 1 aromatic carbocycles. The van der Waals surface area contributed by atoms with Crippen LogP contribution in [0, 0.1) is 5.92 Å². The van der Waals surface area contributed by atoms with E-state index >= 15 is 0 Å². The fourth-order valence-corrected chi connectivity index (χ4v) is 2.98. The van der Waals surface area contributed by atoms with E-state index in [2.05, 4.69) is 0 Å². The lowest BCUT2D eigenvalue weighted by atomic mass is 9.95. The van der Waals surface area contributed by atoms with Crippen molar-refractivity contribution in [3.8, 4) is 0 Å². The molecular weight excluding hydrogens is 301 g/mol. The number of alkyl halides is 3. The molecule has 0 spiro atoms. The molecule has 6 heteroatoms. The molecule has 0 radical (unpaired) electrons. The second kappa shape index (κ2) is 6.44. The van der Waals surface area contributed by atoms with Crippen LogP contribution < -0.4 is 10.6 Å². The largest absolute Gasteiger partial charge is 0.393 e. The lowest BCUT2D eigenvalue weighted by Gasteiger charge is -2.36. The van der Waals surface area contributed by atoms with Crippen molar-refractivity contribution in [1.82, 2.24) is 0 Å². The molecule has 0 aliphatic carbocycles. The highest BCUT2D eigenvalue weighted by molar-refractivity contribution is 6.30. The summed E-state index contributed by atoms with van der Waals surface area (Å²) < 4.78 is 38.8. The Morgan fingerprint density at radius 3 is 2.76 bits per heavy atom. The molecular formula is C15H20ClF3N2. The third kappa shape index (κ3) is 4.27. The van der Waals surface area contributed by atoms with E-state index in [0.717, 1.165) is 11.3 Å². The molecule has 0 saturated carbocycles. The maximum Gasteiger partial charge on any atom is 0.393 e. The number of hydrogen-bond acceptors (Lipinski definition) is 2. The van der Waals surface area contributed by atoms with Crippen LogP contribution in [0.5, 0.6) is 0 Å². The van der Waals surface area contributed by atoms with Crippen molar-refractivity contribution in [1.29, 1.82) is 0 Å². The predicted octanol–water partition coefficient (Wildman–Crippen LogP) is 4.01. The third-order valence-electron chi connectivity index (χ3n) is 3.81. The zero-order valence-electron chi connectivity index (χ0n) is 12.0.